The van der Waals surface area contributed by atoms with E-state index in [9.17, 15) is 13.2 Å². The lowest BCUT2D eigenvalue weighted by Crippen LogP contribution is -2.27. The van der Waals surface area contributed by atoms with Crippen molar-refractivity contribution in [2.24, 2.45) is 5.73 Å². The number of nitrogens with two attached hydrogens (primary N) is 1. The normalized spacial score (nSPS) is 15.4. The minimum Gasteiger partial charge on any atom is -0.382 e. The van der Waals surface area contributed by atoms with Gasteiger partial charge in [-0.2, -0.15) is 13.2 Å². The molecule has 17 heavy (non-hydrogen) atoms. The van der Waals surface area contributed by atoms with E-state index >= 15 is 0 Å². The van der Waals surface area contributed by atoms with E-state index in [2.05, 4.69) is 5.32 Å². The zero-order chi connectivity index (χ0) is 13.1. The zero-order valence-electron chi connectivity index (χ0n) is 9.88. The first-order valence-electron chi connectivity index (χ1n) is 5.49. The van der Waals surface area contributed by atoms with E-state index in [0.29, 0.717) is 6.42 Å². The summed E-state index contributed by atoms with van der Waals surface area (Å²) in [5, 5.41) is 2.85. The third-order valence-corrected chi connectivity index (χ3v) is 2.36. The van der Waals surface area contributed by atoms with Gasteiger partial charge in [-0.15, -0.1) is 0 Å². The van der Waals surface area contributed by atoms with Crippen molar-refractivity contribution in [2.75, 3.05) is 5.32 Å². The van der Waals surface area contributed by atoms with Crippen molar-refractivity contribution in [3.63, 3.8) is 0 Å². The van der Waals surface area contributed by atoms with Crippen LogP contribution in [0.1, 0.15) is 25.8 Å². The van der Waals surface area contributed by atoms with E-state index in [4.69, 9.17) is 5.73 Å². The Hall–Kier alpha value is -1.23. The van der Waals surface area contributed by atoms with Gasteiger partial charge in [0.2, 0.25) is 0 Å². The monoisotopic (exact) mass is 246 g/mol. The van der Waals surface area contributed by atoms with Gasteiger partial charge in [-0.25, -0.2) is 0 Å². The van der Waals surface area contributed by atoms with E-state index in [1.807, 2.05) is 13.8 Å². The molecule has 1 aromatic rings. The quantitative estimate of drug-likeness (QED) is 0.855. The highest BCUT2D eigenvalue weighted by Gasteiger charge is 2.33. The average molecular weight is 246 g/mol. The molecular weight excluding hydrogens is 229 g/mol. The first kappa shape index (κ1) is 13.8. The third-order valence-electron chi connectivity index (χ3n) is 2.36. The van der Waals surface area contributed by atoms with E-state index in [-0.39, 0.29) is 17.8 Å². The number of para-hydroxylation sites is 1. The van der Waals surface area contributed by atoms with Gasteiger partial charge in [-0.1, -0.05) is 12.1 Å². The number of nitrogens with one attached hydrogen (secondary N) is 1. The summed E-state index contributed by atoms with van der Waals surface area (Å²) in [5.74, 6) is 0. The minimum atomic E-state index is -4.34. The Kier molecular flexibility index (Phi) is 4.40. The average Bonchev–Trinajstić information content (AvgIpc) is 2.15. The molecule has 2 unspecified atom stereocenters. The van der Waals surface area contributed by atoms with Gasteiger partial charge in [0.05, 0.1) is 5.56 Å². The van der Waals surface area contributed by atoms with Crippen molar-refractivity contribution in [1.29, 1.82) is 0 Å². The molecule has 0 saturated heterocycles. The summed E-state index contributed by atoms with van der Waals surface area (Å²) in [6.07, 6.45) is -3.72. The number of benzene rings is 1. The molecule has 0 spiro atoms. The molecule has 2 nitrogen and oxygen atoms in total. The number of halogens is 3. The highest BCUT2D eigenvalue weighted by molar-refractivity contribution is 5.53. The second-order valence-corrected chi connectivity index (χ2v) is 4.30. The van der Waals surface area contributed by atoms with Crippen LogP contribution in [-0.4, -0.2) is 12.1 Å². The van der Waals surface area contributed by atoms with E-state index < -0.39 is 11.7 Å². The molecule has 0 heterocycles. The molecule has 5 heteroatoms. The van der Waals surface area contributed by atoms with Crippen molar-refractivity contribution in [3.05, 3.63) is 29.8 Å². The summed E-state index contributed by atoms with van der Waals surface area (Å²) in [5.41, 5.74) is 5.07. The number of rotatable bonds is 4. The van der Waals surface area contributed by atoms with Crippen LogP contribution >= 0.6 is 0 Å². The summed E-state index contributed by atoms with van der Waals surface area (Å²) in [4.78, 5) is 0. The van der Waals surface area contributed by atoms with E-state index in [1.165, 1.54) is 12.1 Å². The maximum atomic E-state index is 12.7. The highest BCUT2D eigenvalue weighted by atomic mass is 19.4. The Labute approximate surface area is 99.0 Å². The van der Waals surface area contributed by atoms with Crippen molar-refractivity contribution in [1.82, 2.24) is 0 Å². The van der Waals surface area contributed by atoms with E-state index in [0.717, 1.165) is 6.07 Å². The molecule has 0 fully saturated rings. The number of alkyl halides is 3. The molecule has 96 valence electrons. The zero-order valence-corrected chi connectivity index (χ0v) is 9.88. The van der Waals surface area contributed by atoms with Crippen molar-refractivity contribution in [3.8, 4) is 0 Å². The minimum absolute atomic E-state index is 0.0458. The molecule has 0 saturated carbocycles. The Balaban J connectivity index is 2.84. The molecular formula is C12H17F3N2. The van der Waals surface area contributed by atoms with Crippen LogP contribution in [0.2, 0.25) is 0 Å². The SMILES string of the molecule is CC(N)CC(C)Nc1ccccc1C(F)(F)F. The van der Waals surface area contributed by atoms with Crippen molar-refractivity contribution in [2.45, 2.75) is 38.5 Å². The molecule has 2 atom stereocenters. The van der Waals surface area contributed by atoms with Crippen LogP contribution in [0.15, 0.2) is 24.3 Å². The lowest BCUT2D eigenvalue weighted by Gasteiger charge is -2.20. The van der Waals surface area contributed by atoms with Gasteiger partial charge in [0.1, 0.15) is 0 Å². The third kappa shape index (κ3) is 4.26. The molecule has 1 aromatic carbocycles. The van der Waals surface area contributed by atoms with Gasteiger partial charge in [0.15, 0.2) is 0 Å². The fraction of sp³-hybridized carbons (Fsp3) is 0.500. The summed E-state index contributed by atoms with van der Waals surface area (Å²) in [7, 11) is 0. The van der Waals surface area contributed by atoms with Gasteiger partial charge >= 0.3 is 6.18 Å². The molecule has 0 bridgehead atoms. The maximum Gasteiger partial charge on any atom is 0.418 e. The van der Waals surface area contributed by atoms with Crippen molar-refractivity contribution >= 4 is 5.69 Å². The van der Waals surface area contributed by atoms with Gasteiger partial charge in [0.25, 0.3) is 0 Å². The highest BCUT2D eigenvalue weighted by Crippen LogP contribution is 2.34. The van der Waals surface area contributed by atoms with Gasteiger partial charge in [-0.05, 0) is 32.4 Å². The fourth-order valence-electron chi connectivity index (χ4n) is 1.74. The van der Waals surface area contributed by atoms with Crippen LogP contribution < -0.4 is 11.1 Å². The van der Waals surface area contributed by atoms with Crippen molar-refractivity contribution < 1.29 is 13.2 Å². The Morgan fingerprint density at radius 3 is 2.35 bits per heavy atom. The lowest BCUT2D eigenvalue weighted by atomic mass is 10.1. The first-order chi connectivity index (χ1) is 7.80. The summed E-state index contributed by atoms with van der Waals surface area (Å²) in [6, 6.07) is 5.32. The van der Waals surface area contributed by atoms with Crippen LogP contribution in [-0.2, 0) is 6.18 Å². The van der Waals surface area contributed by atoms with Gasteiger partial charge in [0, 0.05) is 17.8 Å². The van der Waals surface area contributed by atoms with Crippen LogP contribution in [0.5, 0.6) is 0 Å². The summed E-state index contributed by atoms with van der Waals surface area (Å²) < 4.78 is 38.1. The predicted molar refractivity (Wildman–Crippen MR) is 62.8 cm³/mol. The number of hydrogen-bond donors (Lipinski definition) is 2. The molecule has 0 aromatic heterocycles. The second kappa shape index (κ2) is 5.40. The van der Waals surface area contributed by atoms with Gasteiger partial charge < -0.3 is 11.1 Å². The molecule has 0 aliphatic carbocycles. The Bertz CT molecular complexity index is 361. The molecule has 1 rings (SSSR count). The first-order valence-corrected chi connectivity index (χ1v) is 5.49. The Morgan fingerprint density at radius 1 is 1.24 bits per heavy atom. The lowest BCUT2D eigenvalue weighted by molar-refractivity contribution is -0.137. The maximum absolute atomic E-state index is 12.7. The molecule has 0 amide bonds. The smallest absolute Gasteiger partial charge is 0.382 e. The van der Waals surface area contributed by atoms with Crippen LogP contribution in [0.4, 0.5) is 18.9 Å². The number of hydrogen-bond acceptors (Lipinski definition) is 2. The van der Waals surface area contributed by atoms with Gasteiger partial charge in [-0.3, -0.25) is 0 Å². The standard InChI is InChI=1S/C12H17F3N2/c1-8(16)7-9(2)17-11-6-4-3-5-10(11)12(13,14)15/h3-6,8-9,17H,7,16H2,1-2H3. The largest absolute Gasteiger partial charge is 0.418 e. The molecule has 3 N–H and O–H groups in total. The number of anilines is 1. The second-order valence-electron chi connectivity index (χ2n) is 4.30. The van der Waals surface area contributed by atoms with Crippen LogP contribution in [0.3, 0.4) is 0 Å². The van der Waals surface area contributed by atoms with E-state index in [1.54, 1.807) is 6.07 Å². The predicted octanol–water partition coefficient (Wildman–Crippen LogP) is 3.24. The molecule has 0 aliphatic rings. The molecule has 0 radical (unpaired) electrons. The van der Waals surface area contributed by atoms with Crippen LogP contribution in [0, 0.1) is 0 Å². The topological polar surface area (TPSA) is 38.0 Å². The molecule has 0 aliphatic heterocycles. The fourth-order valence-corrected chi connectivity index (χ4v) is 1.74. The summed E-state index contributed by atoms with van der Waals surface area (Å²) in [6.45, 7) is 3.64. The summed E-state index contributed by atoms with van der Waals surface area (Å²) >= 11 is 0. The Morgan fingerprint density at radius 2 is 1.82 bits per heavy atom. The van der Waals surface area contributed by atoms with Crippen LogP contribution in [0.25, 0.3) is 0 Å².